The minimum absolute atomic E-state index is 0. The van der Waals surface area contributed by atoms with E-state index in [9.17, 15) is 0 Å². The third-order valence-corrected chi connectivity index (χ3v) is 4.18. The van der Waals surface area contributed by atoms with Crippen molar-refractivity contribution in [1.29, 1.82) is 0 Å². The second kappa shape index (κ2) is 11.4. The van der Waals surface area contributed by atoms with E-state index in [0.717, 1.165) is 55.7 Å². The predicted octanol–water partition coefficient (Wildman–Crippen LogP) is 2.76. The highest BCUT2D eigenvalue weighted by molar-refractivity contribution is 14.0. The molecular weight excluding hydrogens is 433 g/mol. The quantitative estimate of drug-likeness (QED) is 0.383. The molecule has 1 aromatic rings. The zero-order valence-corrected chi connectivity index (χ0v) is 17.9. The highest BCUT2D eigenvalue weighted by Crippen LogP contribution is 2.27. The maximum absolute atomic E-state index is 5.36. The topological polar surface area (TPSA) is 55.3 Å². The van der Waals surface area contributed by atoms with Crippen molar-refractivity contribution in [2.45, 2.75) is 19.9 Å². The van der Waals surface area contributed by atoms with Gasteiger partial charge < -0.3 is 24.4 Å². The van der Waals surface area contributed by atoms with Crippen molar-refractivity contribution in [1.82, 2.24) is 10.2 Å². The molecule has 0 aromatic heterocycles. The molecule has 1 atom stereocenters. The lowest BCUT2D eigenvalue weighted by molar-refractivity contribution is 0.157. The largest absolute Gasteiger partial charge is 0.493 e. The maximum atomic E-state index is 5.36. The molecule has 1 aliphatic rings. The molecule has 6 nitrogen and oxygen atoms in total. The fraction of sp³-hybridized carbons (Fsp3) is 0.611. The zero-order chi connectivity index (χ0) is 17.4. The fourth-order valence-corrected chi connectivity index (χ4v) is 2.97. The van der Waals surface area contributed by atoms with Crippen LogP contribution in [0.25, 0.3) is 0 Å². The van der Waals surface area contributed by atoms with Crippen LogP contribution in [0.3, 0.4) is 0 Å². The van der Waals surface area contributed by atoms with Crippen LogP contribution in [0.4, 0.5) is 0 Å². The molecule has 0 spiro atoms. The summed E-state index contributed by atoms with van der Waals surface area (Å²) in [4.78, 5) is 7.10. The van der Waals surface area contributed by atoms with Gasteiger partial charge in [0.25, 0.3) is 0 Å². The molecule has 1 aromatic carbocycles. The molecule has 0 aliphatic carbocycles. The van der Waals surface area contributed by atoms with Crippen LogP contribution in [-0.2, 0) is 11.3 Å². The van der Waals surface area contributed by atoms with Gasteiger partial charge in [0.05, 0.1) is 27.4 Å². The molecule has 25 heavy (non-hydrogen) atoms. The first-order valence-corrected chi connectivity index (χ1v) is 8.44. The Morgan fingerprint density at radius 2 is 2.00 bits per heavy atom. The first-order valence-electron chi connectivity index (χ1n) is 8.44. The lowest BCUT2D eigenvalue weighted by atomic mass is 10.1. The van der Waals surface area contributed by atoms with Gasteiger partial charge in [-0.25, -0.2) is 4.99 Å². The Hall–Kier alpha value is -1.22. The number of hydrogen-bond acceptors (Lipinski definition) is 4. The standard InChI is InChI=1S/C18H29N3O3.HI/c1-5-19-18(21-9-8-15(12-21)13-22-2)20-11-14-6-7-16(23-3)17(10-14)24-4;/h6-7,10,15H,5,8-9,11-13H2,1-4H3,(H,19,20);1H. The number of ether oxygens (including phenoxy) is 3. The normalized spacial score (nSPS) is 17.2. The van der Waals surface area contributed by atoms with Crippen LogP contribution >= 0.6 is 24.0 Å². The Labute approximate surface area is 167 Å². The molecule has 0 saturated carbocycles. The molecule has 0 radical (unpaired) electrons. The van der Waals surface area contributed by atoms with E-state index in [0.29, 0.717) is 12.5 Å². The fourth-order valence-electron chi connectivity index (χ4n) is 2.97. The molecule has 1 unspecified atom stereocenters. The number of nitrogens with one attached hydrogen (secondary N) is 1. The lowest BCUT2D eigenvalue weighted by Gasteiger charge is -2.21. The number of rotatable bonds is 7. The van der Waals surface area contributed by atoms with E-state index in [1.807, 2.05) is 18.2 Å². The van der Waals surface area contributed by atoms with Gasteiger partial charge in [-0.05, 0) is 31.0 Å². The summed E-state index contributed by atoms with van der Waals surface area (Å²) in [5.74, 6) is 3.02. The van der Waals surface area contributed by atoms with Gasteiger partial charge in [0.2, 0.25) is 0 Å². The Morgan fingerprint density at radius 1 is 1.24 bits per heavy atom. The van der Waals surface area contributed by atoms with Crippen molar-refractivity contribution in [3.8, 4) is 11.5 Å². The van der Waals surface area contributed by atoms with E-state index in [1.165, 1.54) is 0 Å². The first kappa shape index (κ1) is 21.8. The smallest absolute Gasteiger partial charge is 0.194 e. The summed E-state index contributed by atoms with van der Waals surface area (Å²) in [6, 6.07) is 5.91. The SMILES string of the molecule is CCNC(=NCc1ccc(OC)c(OC)c1)N1CCC(COC)C1.I. The van der Waals surface area contributed by atoms with Gasteiger partial charge in [0.15, 0.2) is 17.5 Å². The maximum Gasteiger partial charge on any atom is 0.194 e. The van der Waals surface area contributed by atoms with Gasteiger partial charge in [-0.3, -0.25) is 0 Å². The second-order valence-electron chi connectivity index (χ2n) is 5.92. The summed E-state index contributed by atoms with van der Waals surface area (Å²) in [7, 11) is 5.05. The second-order valence-corrected chi connectivity index (χ2v) is 5.92. The van der Waals surface area contributed by atoms with Crippen molar-refractivity contribution in [3.63, 3.8) is 0 Å². The predicted molar refractivity (Wildman–Crippen MR) is 111 cm³/mol. The van der Waals surface area contributed by atoms with Gasteiger partial charge in [0.1, 0.15) is 0 Å². The van der Waals surface area contributed by atoms with Crippen LogP contribution in [-0.4, -0.2) is 58.4 Å². The summed E-state index contributed by atoms with van der Waals surface area (Å²) >= 11 is 0. The summed E-state index contributed by atoms with van der Waals surface area (Å²) in [5, 5.41) is 3.39. The Kier molecular flexibility index (Phi) is 9.96. The highest BCUT2D eigenvalue weighted by Gasteiger charge is 2.24. The van der Waals surface area contributed by atoms with Gasteiger partial charge in [-0.1, -0.05) is 6.07 Å². The summed E-state index contributed by atoms with van der Waals surface area (Å²) in [6.07, 6.45) is 1.15. The van der Waals surface area contributed by atoms with E-state index in [4.69, 9.17) is 19.2 Å². The average Bonchev–Trinajstić information content (AvgIpc) is 3.07. The van der Waals surface area contributed by atoms with Crippen molar-refractivity contribution < 1.29 is 14.2 Å². The van der Waals surface area contributed by atoms with E-state index in [-0.39, 0.29) is 24.0 Å². The van der Waals surface area contributed by atoms with E-state index >= 15 is 0 Å². The molecule has 1 N–H and O–H groups in total. The minimum atomic E-state index is 0. The van der Waals surface area contributed by atoms with Crippen molar-refractivity contribution in [3.05, 3.63) is 23.8 Å². The van der Waals surface area contributed by atoms with Crippen LogP contribution in [0.2, 0.25) is 0 Å². The van der Waals surface area contributed by atoms with Gasteiger partial charge in [0, 0.05) is 32.7 Å². The lowest BCUT2D eigenvalue weighted by Crippen LogP contribution is -2.40. The van der Waals surface area contributed by atoms with Crippen molar-refractivity contribution in [2.75, 3.05) is 47.6 Å². The third kappa shape index (κ3) is 6.22. The van der Waals surface area contributed by atoms with Gasteiger partial charge in [-0.15, -0.1) is 24.0 Å². The van der Waals surface area contributed by atoms with Crippen LogP contribution in [0, 0.1) is 5.92 Å². The number of benzene rings is 1. The summed E-state index contributed by atoms with van der Waals surface area (Å²) in [6.45, 7) is 6.38. The zero-order valence-electron chi connectivity index (χ0n) is 15.6. The average molecular weight is 463 g/mol. The highest BCUT2D eigenvalue weighted by atomic mass is 127. The molecule has 1 fully saturated rings. The van der Waals surface area contributed by atoms with Crippen LogP contribution in [0.5, 0.6) is 11.5 Å². The monoisotopic (exact) mass is 463 g/mol. The molecule has 142 valence electrons. The van der Waals surface area contributed by atoms with Gasteiger partial charge in [-0.2, -0.15) is 0 Å². The number of likely N-dealkylation sites (tertiary alicyclic amines) is 1. The Bertz CT molecular complexity index is 554. The molecule has 0 amide bonds. The van der Waals surface area contributed by atoms with Crippen LogP contribution in [0.1, 0.15) is 18.9 Å². The summed E-state index contributed by atoms with van der Waals surface area (Å²) < 4.78 is 15.9. The van der Waals surface area contributed by atoms with Crippen LogP contribution in [0.15, 0.2) is 23.2 Å². The summed E-state index contributed by atoms with van der Waals surface area (Å²) in [5.41, 5.74) is 1.09. The number of nitrogens with zero attached hydrogens (tertiary/aromatic N) is 2. The number of methoxy groups -OCH3 is 3. The van der Waals surface area contributed by atoms with Crippen LogP contribution < -0.4 is 14.8 Å². The first-order chi connectivity index (χ1) is 11.7. The molecule has 0 bridgehead atoms. The molecule has 1 saturated heterocycles. The molecular formula is C18H30IN3O3. The van der Waals surface area contributed by atoms with Crippen molar-refractivity contribution >= 4 is 29.9 Å². The Morgan fingerprint density at radius 3 is 2.64 bits per heavy atom. The van der Waals surface area contributed by atoms with Gasteiger partial charge >= 0.3 is 0 Å². The van der Waals surface area contributed by atoms with Crippen molar-refractivity contribution in [2.24, 2.45) is 10.9 Å². The van der Waals surface area contributed by atoms with E-state index in [1.54, 1.807) is 21.3 Å². The van der Waals surface area contributed by atoms with E-state index < -0.39 is 0 Å². The van der Waals surface area contributed by atoms with E-state index in [2.05, 4.69) is 17.1 Å². The molecule has 1 aliphatic heterocycles. The third-order valence-electron chi connectivity index (χ3n) is 4.18. The molecule has 2 rings (SSSR count). The number of halogens is 1. The minimum Gasteiger partial charge on any atom is -0.493 e. The molecule has 1 heterocycles. The molecule has 7 heteroatoms. The number of hydrogen-bond donors (Lipinski definition) is 1. The Balaban J connectivity index is 0.00000312. The number of guanidine groups is 1. The number of aliphatic imine (C=N–C) groups is 1.